The maximum Gasteiger partial charge on any atom is 0.279 e. The van der Waals surface area contributed by atoms with E-state index in [0.717, 1.165) is 0 Å². The van der Waals surface area contributed by atoms with Gasteiger partial charge < -0.3 is 4.90 Å². The second kappa shape index (κ2) is 4.93. The Kier molecular flexibility index (Phi) is 3.09. The van der Waals surface area contributed by atoms with Crippen LogP contribution in [0.1, 0.15) is 5.69 Å². The predicted molar refractivity (Wildman–Crippen MR) is 79.8 cm³/mol. The molecule has 0 radical (unpaired) electrons. The zero-order valence-electron chi connectivity index (χ0n) is 12.0. The van der Waals surface area contributed by atoms with Crippen LogP contribution in [-0.2, 0) is 0 Å². The van der Waals surface area contributed by atoms with Crippen molar-refractivity contribution in [3.05, 3.63) is 46.8 Å². The molecule has 0 aliphatic rings. The van der Waals surface area contributed by atoms with Crippen molar-refractivity contribution in [1.82, 2.24) is 24.5 Å². The normalized spacial score (nSPS) is 10.8. The molecule has 106 valence electrons. The summed E-state index contributed by atoms with van der Waals surface area (Å²) in [6.45, 7) is 1.67. The van der Waals surface area contributed by atoms with E-state index in [0.29, 0.717) is 28.5 Å². The first-order valence-electron chi connectivity index (χ1n) is 6.42. The van der Waals surface area contributed by atoms with E-state index >= 15 is 0 Å². The van der Waals surface area contributed by atoms with Crippen LogP contribution >= 0.6 is 0 Å². The molecule has 3 aromatic heterocycles. The highest BCUT2D eigenvalue weighted by Crippen LogP contribution is 2.19. The van der Waals surface area contributed by atoms with Crippen LogP contribution in [-0.4, -0.2) is 38.6 Å². The minimum atomic E-state index is -0.232. The number of hydrogen-bond donors (Lipinski definition) is 0. The lowest BCUT2D eigenvalue weighted by Gasteiger charge is -2.15. The molecule has 7 nitrogen and oxygen atoms in total. The van der Waals surface area contributed by atoms with Crippen LogP contribution in [0.3, 0.4) is 0 Å². The van der Waals surface area contributed by atoms with E-state index in [4.69, 9.17) is 0 Å². The van der Waals surface area contributed by atoms with Gasteiger partial charge in [-0.3, -0.25) is 4.79 Å². The van der Waals surface area contributed by atoms with Crippen molar-refractivity contribution in [3.8, 4) is 5.82 Å². The monoisotopic (exact) mass is 282 g/mol. The Balaban J connectivity index is 2.47. The summed E-state index contributed by atoms with van der Waals surface area (Å²) in [5.74, 6) is 1.18. The SMILES string of the molecule is Cc1nc2c(N(C)C)ncnc2n(-c2ccccn2)c1=O. The lowest BCUT2D eigenvalue weighted by Crippen LogP contribution is -2.25. The molecule has 0 saturated carbocycles. The topological polar surface area (TPSA) is 76.8 Å². The molecule has 0 aliphatic carbocycles. The molecule has 0 amide bonds. The van der Waals surface area contributed by atoms with Crippen molar-refractivity contribution in [2.24, 2.45) is 0 Å². The van der Waals surface area contributed by atoms with Crippen molar-refractivity contribution in [2.45, 2.75) is 6.92 Å². The zero-order valence-corrected chi connectivity index (χ0v) is 12.0. The molecule has 0 unspecified atom stereocenters. The Morgan fingerprint density at radius 2 is 1.95 bits per heavy atom. The number of pyridine rings is 1. The highest BCUT2D eigenvalue weighted by atomic mass is 16.1. The van der Waals surface area contributed by atoms with Crippen LogP contribution in [0.2, 0.25) is 0 Å². The maximum absolute atomic E-state index is 12.5. The maximum atomic E-state index is 12.5. The standard InChI is InChI=1S/C14H14N6O/c1-9-14(21)20(10-6-4-5-7-15-10)13-11(18-9)12(19(2)3)16-8-17-13/h4-8H,1-3H3. The minimum absolute atomic E-state index is 0.232. The molecule has 3 aromatic rings. The summed E-state index contributed by atoms with van der Waals surface area (Å²) >= 11 is 0. The van der Waals surface area contributed by atoms with E-state index < -0.39 is 0 Å². The summed E-state index contributed by atoms with van der Waals surface area (Å²) in [6, 6.07) is 5.38. The molecule has 0 aliphatic heterocycles. The number of rotatable bonds is 2. The van der Waals surface area contributed by atoms with Gasteiger partial charge in [0.1, 0.15) is 23.4 Å². The van der Waals surface area contributed by atoms with E-state index in [1.165, 1.54) is 10.9 Å². The first-order valence-corrected chi connectivity index (χ1v) is 6.42. The van der Waals surface area contributed by atoms with Crippen LogP contribution in [0.25, 0.3) is 17.0 Å². The highest BCUT2D eigenvalue weighted by molar-refractivity contribution is 5.83. The third-order valence-electron chi connectivity index (χ3n) is 3.09. The van der Waals surface area contributed by atoms with Gasteiger partial charge in [0.25, 0.3) is 5.56 Å². The Morgan fingerprint density at radius 3 is 2.62 bits per heavy atom. The van der Waals surface area contributed by atoms with E-state index in [-0.39, 0.29) is 5.56 Å². The van der Waals surface area contributed by atoms with Crippen molar-refractivity contribution in [2.75, 3.05) is 19.0 Å². The molecule has 7 heteroatoms. The second-order valence-corrected chi connectivity index (χ2v) is 4.79. The summed E-state index contributed by atoms with van der Waals surface area (Å²) < 4.78 is 1.46. The Morgan fingerprint density at radius 1 is 1.14 bits per heavy atom. The number of nitrogens with zero attached hydrogens (tertiary/aromatic N) is 6. The summed E-state index contributed by atoms with van der Waals surface area (Å²) in [5.41, 5.74) is 1.17. The zero-order chi connectivity index (χ0) is 15.0. The minimum Gasteiger partial charge on any atom is -0.361 e. The Bertz CT molecular complexity index is 856. The van der Waals surface area contributed by atoms with Crippen molar-refractivity contribution in [3.63, 3.8) is 0 Å². The molecule has 0 bridgehead atoms. The molecule has 21 heavy (non-hydrogen) atoms. The van der Waals surface area contributed by atoms with Gasteiger partial charge in [0.15, 0.2) is 11.5 Å². The van der Waals surface area contributed by atoms with E-state index in [1.807, 2.05) is 25.1 Å². The summed E-state index contributed by atoms with van der Waals surface area (Å²) in [4.78, 5) is 31.3. The number of fused-ring (bicyclic) bond motifs is 1. The van der Waals surface area contributed by atoms with Crippen LogP contribution in [0, 0.1) is 6.92 Å². The van der Waals surface area contributed by atoms with Crippen molar-refractivity contribution < 1.29 is 0 Å². The molecular weight excluding hydrogens is 268 g/mol. The van der Waals surface area contributed by atoms with Gasteiger partial charge in [0.2, 0.25) is 0 Å². The van der Waals surface area contributed by atoms with Crippen molar-refractivity contribution >= 4 is 17.0 Å². The van der Waals surface area contributed by atoms with Crippen LogP contribution in [0.4, 0.5) is 5.82 Å². The largest absolute Gasteiger partial charge is 0.361 e. The number of hydrogen-bond acceptors (Lipinski definition) is 6. The molecule has 0 saturated heterocycles. The van der Waals surface area contributed by atoms with Crippen LogP contribution < -0.4 is 10.5 Å². The molecule has 3 rings (SSSR count). The Labute approximate surface area is 120 Å². The quantitative estimate of drug-likeness (QED) is 0.696. The third kappa shape index (κ3) is 2.12. The lowest BCUT2D eigenvalue weighted by molar-refractivity contribution is 0.911. The molecule has 0 spiro atoms. The molecular formula is C14H14N6O. The van der Waals surface area contributed by atoms with Gasteiger partial charge in [-0.2, -0.15) is 0 Å². The third-order valence-corrected chi connectivity index (χ3v) is 3.09. The van der Waals surface area contributed by atoms with Gasteiger partial charge in [0.05, 0.1) is 0 Å². The van der Waals surface area contributed by atoms with Gasteiger partial charge in [0, 0.05) is 20.3 Å². The average Bonchev–Trinajstić information content (AvgIpc) is 2.49. The van der Waals surface area contributed by atoms with Crippen molar-refractivity contribution in [1.29, 1.82) is 0 Å². The molecule has 0 aromatic carbocycles. The van der Waals surface area contributed by atoms with Crippen LogP contribution in [0.5, 0.6) is 0 Å². The fourth-order valence-corrected chi connectivity index (χ4v) is 2.12. The smallest absolute Gasteiger partial charge is 0.279 e. The Hall–Kier alpha value is -2.83. The first-order chi connectivity index (χ1) is 10.1. The van der Waals surface area contributed by atoms with Gasteiger partial charge in [-0.1, -0.05) is 6.07 Å². The van der Waals surface area contributed by atoms with Gasteiger partial charge in [-0.25, -0.2) is 24.5 Å². The molecule has 0 fully saturated rings. The number of aryl methyl sites for hydroxylation is 1. The lowest BCUT2D eigenvalue weighted by atomic mass is 10.3. The summed E-state index contributed by atoms with van der Waals surface area (Å²) in [6.07, 6.45) is 3.06. The van der Waals surface area contributed by atoms with Gasteiger partial charge >= 0.3 is 0 Å². The fourth-order valence-electron chi connectivity index (χ4n) is 2.12. The summed E-state index contributed by atoms with van der Waals surface area (Å²) in [5, 5.41) is 0. The highest BCUT2D eigenvalue weighted by Gasteiger charge is 2.16. The molecule has 3 heterocycles. The number of anilines is 1. The van der Waals surface area contributed by atoms with E-state index in [1.54, 1.807) is 25.3 Å². The molecule has 0 N–H and O–H groups in total. The second-order valence-electron chi connectivity index (χ2n) is 4.79. The molecule has 0 atom stereocenters. The first kappa shape index (κ1) is 13.2. The van der Waals surface area contributed by atoms with Gasteiger partial charge in [-0.05, 0) is 19.1 Å². The average molecular weight is 282 g/mol. The van der Waals surface area contributed by atoms with E-state index in [9.17, 15) is 4.79 Å². The van der Waals surface area contributed by atoms with Gasteiger partial charge in [-0.15, -0.1) is 0 Å². The van der Waals surface area contributed by atoms with E-state index in [2.05, 4.69) is 19.9 Å². The van der Waals surface area contributed by atoms with Crippen LogP contribution in [0.15, 0.2) is 35.5 Å². The summed E-state index contributed by atoms with van der Waals surface area (Å²) in [7, 11) is 3.74. The number of aromatic nitrogens is 5. The predicted octanol–water partition coefficient (Wildman–Crippen LogP) is 0.945. The fraction of sp³-hybridized carbons (Fsp3) is 0.214.